The van der Waals surface area contributed by atoms with Gasteiger partial charge < -0.3 is 9.84 Å². The highest BCUT2D eigenvalue weighted by Gasteiger charge is 2.25. The number of halogens is 1. The van der Waals surface area contributed by atoms with Gasteiger partial charge in [-0.05, 0) is 34.5 Å². The molecule has 1 fully saturated rings. The maximum absolute atomic E-state index is 11.3. The molecule has 1 unspecified atom stereocenters. The number of aromatic carboxylic acids is 1. The zero-order valence-electron chi connectivity index (χ0n) is 9.47. The van der Waals surface area contributed by atoms with Crippen LogP contribution in [-0.4, -0.2) is 33.7 Å². The van der Waals surface area contributed by atoms with E-state index in [9.17, 15) is 9.90 Å². The molecule has 94 valence electrons. The zero-order chi connectivity index (χ0) is 12.7. The molecule has 0 bridgehead atoms. The Morgan fingerprint density at radius 3 is 3.06 bits per heavy atom. The molecule has 1 atom stereocenters. The third-order valence-corrected chi connectivity index (χ3v) is 3.74. The highest BCUT2D eigenvalue weighted by molar-refractivity contribution is 9.10. The van der Waals surface area contributed by atoms with E-state index < -0.39 is 5.97 Å². The highest BCUT2D eigenvalue weighted by Crippen LogP contribution is 2.29. The summed E-state index contributed by atoms with van der Waals surface area (Å²) in [5.41, 5.74) is 1.00. The number of nitrogens with zero attached hydrogens (tertiary/aromatic N) is 2. The minimum absolute atomic E-state index is 0.157. The van der Waals surface area contributed by atoms with Gasteiger partial charge in [0.2, 0.25) is 0 Å². The Bertz CT molecular complexity index is 617. The number of hydrogen-bond acceptors (Lipinski definition) is 3. The molecule has 2 aromatic heterocycles. The topological polar surface area (TPSA) is 63.8 Å². The molecule has 3 heterocycles. The van der Waals surface area contributed by atoms with Crippen molar-refractivity contribution in [2.45, 2.75) is 12.3 Å². The highest BCUT2D eigenvalue weighted by atomic mass is 79.9. The van der Waals surface area contributed by atoms with Gasteiger partial charge in [-0.3, -0.25) is 4.40 Å². The maximum atomic E-state index is 11.3. The van der Waals surface area contributed by atoms with Gasteiger partial charge in [0.05, 0.1) is 12.1 Å². The fraction of sp³-hybridized carbons (Fsp3) is 0.333. The first-order valence-electron chi connectivity index (χ1n) is 5.66. The SMILES string of the molecule is O=C(O)c1cccc2c(Br)nc(C3CCOC3)n12. The lowest BCUT2D eigenvalue weighted by Crippen LogP contribution is -2.11. The monoisotopic (exact) mass is 310 g/mol. The summed E-state index contributed by atoms with van der Waals surface area (Å²) in [7, 11) is 0. The molecule has 5 nitrogen and oxygen atoms in total. The van der Waals surface area contributed by atoms with Gasteiger partial charge in [0.1, 0.15) is 16.1 Å². The lowest BCUT2D eigenvalue weighted by atomic mass is 10.1. The van der Waals surface area contributed by atoms with Crippen molar-refractivity contribution in [2.24, 2.45) is 0 Å². The Hall–Kier alpha value is -1.40. The maximum Gasteiger partial charge on any atom is 0.352 e. The number of hydrogen-bond donors (Lipinski definition) is 1. The number of carbonyl (C=O) groups is 1. The van der Waals surface area contributed by atoms with Crippen LogP contribution in [0, 0.1) is 0 Å². The quantitative estimate of drug-likeness (QED) is 0.924. The number of pyridine rings is 1. The molecule has 1 aliphatic rings. The molecule has 1 N–H and O–H groups in total. The first-order chi connectivity index (χ1) is 8.68. The van der Waals surface area contributed by atoms with Gasteiger partial charge in [-0.25, -0.2) is 9.78 Å². The van der Waals surface area contributed by atoms with E-state index in [1.165, 1.54) is 0 Å². The number of imidazole rings is 1. The Morgan fingerprint density at radius 2 is 2.39 bits per heavy atom. The predicted octanol–water partition coefficient (Wildman–Crippen LogP) is 2.30. The summed E-state index contributed by atoms with van der Waals surface area (Å²) in [6, 6.07) is 5.16. The molecular weight excluding hydrogens is 300 g/mol. The fourth-order valence-electron chi connectivity index (χ4n) is 2.30. The van der Waals surface area contributed by atoms with Crippen LogP contribution in [0.1, 0.15) is 28.7 Å². The van der Waals surface area contributed by atoms with Crippen LogP contribution in [0.4, 0.5) is 0 Å². The Labute approximate surface area is 112 Å². The molecule has 0 aliphatic carbocycles. The number of fused-ring (bicyclic) bond motifs is 1. The standard InChI is InChI=1S/C12H11BrN2O3/c13-10-8-2-1-3-9(12(16)17)15(8)11(14-10)7-4-5-18-6-7/h1-3,7H,4-6H2,(H,16,17). The molecule has 1 saturated heterocycles. The van der Waals surface area contributed by atoms with E-state index in [1.54, 1.807) is 16.5 Å². The largest absolute Gasteiger partial charge is 0.477 e. The minimum atomic E-state index is -0.953. The average molecular weight is 311 g/mol. The van der Waals surface area contributed by atoms with Gasteiger partial charge in [-0.15, -0.1) is 0 Å². The van der Waals surface area contributed by atoms with Crippen LogP contribution in [0.2, 0.25) is 0 Å². The van der Waals surface area contributed by atoms with Crippen LogP contribution in [0.3, 0.4) is 0 Å². The third kappa shape index (κ3) is 1.72. The Kier molecular flexibility index (Phi) is 2.83. The molecule has 0 radical (unpaired) electrons. The number of rotatable bonds is 2. The van der Waals surface area contributed by atoms with Crippen molar-refractivity contribution in [2.75, 3.05) is 13.2 Å². The van der Waals surface area contributed by atoms with Crippen LogP contribution in [-0.2, 0) is 4.74 Å². The minimum Gasteiger partial charge on any atom is -0.477 e. The second-order valence-electron chi connectivity index (χ2n) is 4.26. The van der Waals surface area contributed by atoms with Crippen LogP contribution in [0.25, 0.3) is 5.52 Å². The molecule has 0 spiro atoms. The van der Waals surface area contributed by atoms with Crippen LogP contribution < -0.4 is 0 Å². The number of carboxylic acid groups (broad SMARTS) is 1. The molecule has 18 heavy (non-hydrogen) atoms. The lowest BCUT2D eigenvalue weighted by Gasteiger charge is -2.08. The van der Waals surface area contributed by atoms with E-state index in [1.807, 2.05) is 6.07 Å². The number of ether oxygens (including phenoxy) is 1. The second kappa shape index (κ2) is 4.37. The van der Waals surface area contributed by atoms with Crippen molar-refractivity contribution in [3.05, 3.63) is 34.3 Å². The van der Waals surface area contributed by atoms with Crippen molar-refractivity contribution in [1.29, 1.82) is 0 Å². The van der Waals surface area contributed by atoms with Crippen LogP contribution in [0.5, 0.6) is 0 Å². The molecule has 1 aliphatic heterocycles. The van der Waals surface area contributed by atoms with Gasteiger partial charge in [0, 0.05) is 12.5 Å². The van der Waals surface area contributed by atoms with E-state index in [0.717, 1.165) is 17.8 Å². The summed E-state index contributed by atoms with van der Waals surface area (Å²) < 4.78 is 7.73. The number of aromatic nitrogens is 2. The average Bonchev–Trinajstić information content (AvgIpc) is 2.97. The molecule has 0 amide bonds. The summed E-state index contributed by atoms with van der Waals surface area (Å²) in [5.74, 6) is -0.0395. The molecular formula is C12H11BrN2O3. The molecule has 6 heteroatoms. The summed E-state index contributed by atoms with van der Waals surface area (Å²) in [4.78, 5) is 15.7. The van der Waals surface area contributed by atoms with Gasteiger partial charge in [0.25, 0.3) is 0 Å². The van der Waals surface area contributed by atoms with Crippen molar-refractivity contribution >= 4 is 27.4 Å². The van der Waals surface area contributed by atoms with Crippen LogP contribution >= 0.6 is 15.9 Å². The smallest absolute Gasteiger partial charge is 0.352 e. The summed E-state index contributed by atoms with van der Waals surface area (Å²) in [5, 5.41) is 9.26. The third-order valence-electron chi connectivity index (χ3n) is 3.16. The van der Waals surface area contributed by atoms with Gasteiger partial charge >= 0.3 is 5.97 Å². The molecule has 3 rings (SSSR count). The van der Waals surface area contributed by atoms with Crippen molar-refractivity contribution in [3.8, 4) is 0 Å². The Morgan fingerprint density at radius 1 is 1.56 bits per heavy atom. The summed E-state index contributed by atoms with van der Waals surface area (Å²) in [6.45, 7) is 1.30. The van der Waals surface area contributed by atoms with Crippen molar-refractivity contribution < 1.29 is 14.6 Å². The first kappa shape index (κ1) is 11.7. The number of carboxylic acids is 1. The van der Waals surface area contributed by atoms with Gasteiger partial charge in [0.15, 0.2) is 0 Å². The van der Waals surface area contributed by atoms with E-state index in [0.29, 0.717) is 17.8 Å². The molecule has 0 saturated carbocycles. The van der Waals surface area contributed by atoms with E-state index in [-0.39, 0.29) is 11.6 Å². The predicted molar refractivity (Wildman–Crippen MR) is 68.0 cm³/mol. The zero-order valence-corrected chi connectivity index (χ0v) is 11.1. The van der Waals surface area contributed by atoms with E-state index >= 15 is 0 Å². The van der Waals surface area contributed by atoms with Crippen molar-refractivity contribution in [1.82, 2.24) is 9.38 Å². The molecule has 2 aromatic rings. The van der Waals surface area contributed by atoms with E-state index in [2.05, 4.69) is 20.9 Å². The van der Waals surface area contributed by atoms with Crippen molar-refractivity contribution in [3.63, 3.8) is 0 Å². The molecule has 0 aromatic carbocycles. The normalized spacial score (nSPS) is 19.5. The second-order valence-corrected chi connectivity index (χ2v) is 5.01. The van der Waals surface area contributed by atoms with Gasteiger partial charge in [-0.1, -0.05) is 6.07 Å². The Balaban J connectivity index is 2.27. The fourth-order valence-corrected chi connectivity index (χ4v) is 2.80. The van der Waals surface area contributed by atoms with E-state index in [4.69, 9.17) is 4.74 Å². The first-order valence-corrected chi connectivity index (χ1v) is 6.45. The van der Waals surface area contributed by atoms with Gasteiger partial charge in [-0.2, -0.15) is 0 Å². The summed E-state index contributed by atoms with van der Waals surface area (Å²) >= 11 is 3.38. The summed E-state index contributed by atoms with van der Waals surface area (Å²) in [6.07, 6.45) is 0.875. The lowest BCUT2D eigenvalue weighted by molar-refractivity contribution is 0.0688. The van der Waals surface area contributed by atoms with Crippen LogP contribution in [0.15, 0.2) is 22.8 Å².